The van der Waals surface area contributed by atoms with Crippen molar-refractivity contribution in [3.8, 4) is 0 Å². The van der Waals surface area contributed by atoms with Crippen molar-refractivity contribution in [2.24, 2.45) is 0 Å². The highest BCUT2D eigenvalue weighted by atomic mass is 16.7. The van der Waals surface area contributed by atoms with E-state index in [0.29, 0.717) is 12.8 Å². The molecule has 0 spiro atoms. The smallest absolute Gasteiger partial charge is 0.220 e. The van der Waals surface area contributed by atoms with Crippen LogP contribution in [0.4, 0.5) is 0 Å². The van der Waals surface area contributed by atoms with Crippen molar-refractivity contribution in [3.05, 3.63) is 36.5 Å². The van der Waals surface area contributed by atoms with Gasteiger partial charge in [0.2, 0.25) is 5.91 Å². The molecule has 14 nitrogen and oxygen atoms in total. The fraction of sp³-hybridized carbons (Fsp3) is 0.917. The highest BCUT2D eigenvalue weighted by Gasteiger charge is 2.51. The molecule has 0 bridgehead atoms. The molecule has 2 saturated heterocycles. The molecule has 0 aromatic carbocycles. The molecule has 0 aliphatic carbocycles. The van der Waals surface area contributed by atoms with Crippen LogP contribution >= 0.6 is 0 Å². The van der Waals surface area contributed by atoms with Crippen LogP contribution in [0.5, 0.6) is 0 Å². The molecular weight excluding hydrogens is 1230 g/mol. The van der Waals surface area contributed by atoms with Crippen LogP contribution in [0.1, 0.15) is 399 Å². The summed E-state index contributed by atoms with van der Waals surface area (Å²) in [5.74, 6) is -0.197. The first-order valence-corrected chi connectivity index (χ1v) is 42.2. The molecule has 578 valence electrons. The summed E-state index contributed by atoms with van der Waals surface area (Å²) in [7, 11) is 0. The Balaban J connectivity index is 1.54. The normalized spacial score (nSPS) is 22.1. The number of carbonyl (C=O) groups excluding carboxylic acids is 1. The van der Waals surface area contributed by atoms with Crippen LogP contribution in [0, 0.1) is 0 Å². The Hall–Kier alpha value is -1.79. The molecule has 0 saturated carbocycles. The van der Waals surface area contributed by atoms with Crippen LogP contribution in [0.25, 0.3) is 0 Å². The second-order valence-electron chi connectivity index (χ2n) is 30.0. The van der Waals surface area contributed by atoms with Crippen molar-refractivity contribution in [1.82, 2.24) is 5.32 Å². The Labute approximate surface area is 601 Å². The predicted molar refractivity (Wildman–Crippen MR) is 406 cm³/mol. The van der Waals surface area contributed by atoms with Gasteiger partial charge in [-0.3, -0.25) is 4.79 Å². The molecule has 0 aromatic heterocycles. The van der Waals surface area contributed by atoms with Crippen LogP contribution in [0.3, 0.4) is 0 Å². The van der Waals surface area contributed by atoms with Gasteiger partial charge in [0, 0.05) is 6.42 Å². The number of amides is 1. The maximum Gasteiger partial charge on any atom is 0.220 e. The fourth-order valence-electron chi connectivity index (χ4n) is 14.2. The fourth-order valence-corrected chi connectivity index (χ4v) is 14.2. The molecule has 2 aliphatic rings. The summed E-state index contributed by atoms with van der Waals surface area (Å²) in [4.78, 5) is 13.4. The third kappa shape index (κ3) is 50.6. The molecule has 12 unspecified atom stereocenters. The molecule has 2 fully saturated rings. The summed E-state index contributed by atoms with van der Waals surface area (Å²) in [6.45, 7) is 2.92. The van der Waals surface area contributed by atoms with E-state index in [1.54, 1.807) is 0 Å². The van der Waals surface area contributed by atoms with E-state index in [0.717, 1.165) is 64.2 Å². The number of hydrogen-bond donors (Lipinski definition) is 9. The molecule has 12 atom stereocenters. The first-order chi connectivity index (χ1) is 48.1. The number of allylic oxidation sites excluding steroid dienone is 6. The summed E-state index contributed by atoms with van der Waals surface area (Å²) in [6.07, 6.45) is 73.5. The van der Waals surface area contributed by atoms with Gasteiger partial charge in [-0.15, -0.1) is 0 Å². The SMILES string of the molecule is CCCCCCC/C=C\C/C=C\C/C=C\CCCCCCCCCCCCCCCCCCCCCCCCCCCCC(=O)NC(COC1OC(CO)C(OC2OC(CO)C(O)C(O)C2O)C(O)C1O)C(O)CCCCCCCCCCCCCCCCCCCCCCCCC. The van der Waals surface area contributed by atoms with E-state index in [-0.39, 0.29) is 12.5 Å². The van der Waals surface area contributed by atoms with Crippen molar-refractivity contribution in [3.63, 3.8) is 0 Å². The van der Waals surface area contributed by atoms with E-state index < -0.39 is 86.8 Å². The van der Waals surface area contributed by atoms with Crippen LogP contribution in [-0.4, -0.2) is 140 Å². The van der Waals surface area contributed by atoms with Gasteiger partial charge < -0.3 is 65.1 Å². The summed E-state index contributed by atoms with van der Waals surface area (Å²) in [6, 6.07) is -0.828. The van der Waals surface area contributed by atoms with Gasteiger partial charge in [-0.05, 0) is 51.4 Å². The molecule has 2 rings (SSSR count). The van der Waals surface area contributed by atoms with E-state index in [9.17, 15) is 45.6 Å². The number of nitrogens with one attached hydrogen (secondary N) is 1. The Kier molecular flexibility index (Phi) is 64.3. The summed E-state index contributed by atoms with van der Waals surface area (Å²) < 4.78 is 23.0. The second-order valence-corrected chi connectivity index (χ2v) is 30.0. The van der Waals surface area contributed by atoms with Gasteiger partial charge in [-0.1, -0.05) is 378 Å². The minimum atomic E-state index is -1.78. The van der Waals surface area contributed by atoms with Gasteiger partial charge in [0.05, 0.1) is 32.0 Å². The van der Waals surface area contributed by atoms with Crippen LogP contribution in [0.2, 0.25) is 0 Å². The minimum absolute atomic E-state index is 0.197. The predicted octanol–water partition coefficient (Wildman–Crippen LogP) is 19.6. The van der Waals surface area contributed by atoms with Crippen LogP contribution in [0.15, 0.2) is 36.5 Å². The number of ether oxygens (including phenoxy) is 4. The number of carbonyl (C=O) groups is 1. The van der Waals surface area contributed by atoms with Crippen molar-refractivity contribution in [2.75, 3.05) is 19.8 Å². The lowest BCUT2D eigenvalue weighted by Crippen LogP contribution is -2.65. The average Bonchev–Trinajstić information content (AvgIpc) is 0.793. The van der Waals surface area contributed by atoms with Crippen LogP contribution < -0.4 is 5.32 Å². The Morgan fingerprint density at radius 2 is 0.673 bits per heavy atom. The number of aliphatic hydroxyl groups excluding tert-OH is 8. The van der Waals surface area contributed by atoms with E-state index in [4.69, 9.17) is 18.9 Å². The maximum absolute atomic E-state index is 13.4. The van der Waals surface area contributed by atoms with E-state index in [2.05, 4.69) is 55.6 Å². The van der Waals surface area contributed by atoms with Gasteiger partial charge in [-0.25, -0.2) is 0 Å². The molecule has 0 radical (unpaired) electrons. The molecule has 14 heteroatoms. The number of unbranched alkanes of at least 4 members (excludes halogenated alkanes) is 53. The third-order valence-electron chi connectivity index (χ3n) is 20.9. The molecule has 0 aromatic rings. The lowest BCUT2D eigenvalue weighted by Gasteiger charge is -2.46. The molecule has 1 amide bonds. The largest absolute Gasteiger partial charge is 0.394 e. The number of hydrogen-bond acceptors (Lipinski definition) is 13. The minimum Gasteiger partial charge on any atom is -0.394 e. The van der Waals surface area contributed by atoms with Gasteiger partial charge in [0.15, 0.2) is 12.6 Å². The summed E-state index contributed by atoms with van der Waals surface area (Å²) >= 11 is 0. The van der Waals surface area contributed by atoms with Gasteiger partial charge in [-0.2, -0.15) is 0 Å². The molecule has 2 heterocycles. The topological polar surface area (TPSA) is 228 Å². The lowest BCUT2D eigenvalue weighted by atomic mass is 9.97. The summed E-state index contributed by atoms with van der Waals surface area (Å²) in [5.41, 5.74) is 0. The first-order valence-electron chi connectivity index (χ1n) is 42.2. The van der Waals surface area contributed by atoms with Crippen molar-refractivity contribution in [1.29, 1.82) is 0 Å². The first kappa shape index (κ1) is 92.3. The monoisotopic (exact) mass is 1390 g/mol. The number of rotatable bonds is 72. The van der Waals surface area contributed by atoms with E-state index in [1.165, 1.54) is 308 Å². The molecule has 98 heavy (non-hydrogen) atoms. The van der Waals surface area contributed by atoms with E-state index >= 15 is 0 Å². The maximum atomic E-state index is 13.4. The van der Waals surface area contributed by atoms with Crippen molar-refractivity contribution in [2.45, 2.75) is 473 Å². The van der Waals surface area contributed by atoms with Crippen molar-refractivity contribution < 1.29 is 64.6 Å². The highest BCUT2D eigenvalue weighted by Crippen LogP contribution is 2.31. The third-order valence-corrected chi connectivity index (χ3v) is 20.9. The highest BCUT2D eigenvalue weighted by molar-refractivity contribution is 5.76. The lowest BCUT2D eigenvalue weighted by molar-refractivity contribution is -0.359. The summed E-state index contributed by atoms with van der Waals surface area (Å²) in [5, 5.41) is 87.9. The van der Waals surface area contributed by atoms with Gasteiger partial charge in [0.1, 0.15) is 48.8 Å². The molecule has 9 N–H and O–H groups in total. The number of aliphatic hydroxyl groups is 8. The standard InChI is InChI=1S/C84H159NO13/c1-3-5-7-9-11-13-15-17-19-21-23-25-27-28-29-30-31-32-33-34-35-36-37-38-39-40-41-42-43-44-46-48-50-52-54-56-58-60-62-64-66-68-76(89)85-72(71-95-83-81(94)79(92)82(75(70-87)97-83)98-84-80(93)78(91)77(90)74(69-86)96-84)73(88)67-65-63-61-59-57-55-53-51-49-47-45-26-24-22-20-18-16-14-12-10-8-6-4-2/h15,17,21,23,27-28,72-75,77-84,86-88,90-94H,3-14,16,18-20,22,24-26,29-71H2,1-2H3,(H,85,89)/b17-15-,23-21-,28-27-. The van der Waals surface area contributed by atoms with Crippen molar-refractivity contribution >= 4 is 5.91 Å². The van der Waals surface area contributed by atoms with Gasteiger partial charge >= 0.3 is 0 Å². The molecular formula is C84H159NO13. The van der Waals surface area contributed by atoms with E-state index in [1.807, 2.05) is 0 Å². The Morgan fingerprint density at radius 3 is 1.03 bits per heavy atom. The quantitative estimate of drug-likeness (QED) is 0.0204. The average molecular weight is 1390 g/mol. The Bertz CT molecular complexity index is 1780. The second kappa shape index (κ2) is 68.3. The Morgan fingerprint density at radius 1 is 0.367 bits per heavy atom. The zero-order chi connectivity index (χ0) is 70.8. The zero-order valence-electron chi connectivity index (χ0n) is 63.6. The van der Waals surface area contributed by atoms with Gasteiger partial charge in [0.25, 0.3) is 0 Å². The zero-order valence-corrected chi connectivity index (χ0v) is 63.6. The van der Waals surface area contributed by atoms with Crippen LogP contribution in [-0.2, 0) is 23.7 Å². The molecule has 2 aliphatic heterocycles.